The molecule has 2 N–H and O–H groups in total. The highest BCUT2D eigenvalue weighted by molar-refractivity contribution is 9.10. The van der Waals surface area contributed by atoms with Gasteiger partial charge in [-0.2, -0.15) is 0 Å². The maximum Gasteiger partial charge on any atom is 0.275 e. The number of nitrogens with one attached hydrogen (secondary N) is 2. The van der Waals surface area contributed by atoms with Crippen LogP contribution in [0.5, 0.6) is 5.75 Å². The molecule has 0 unspecified atom stereocenters. The number of aromatic nitrogens is 2. The lowest BCUT2D eigenvalue weighted by Gasteiger charge is -2.36. The number of halogens is 1. The molecule has 2 aromatic heterocycles. The Kier molecular flexibility index (Phi) is 8.27. The molecule has 10 heteroatoms. The SMILES string of the molecule is CNC1CCN(CCOc2ccc([C@H]3C[C@@H](Nc4nc5sccn5c(=O)c4Br)CN(C)C3)cc2)CC1. The second kappa shape index (κ2) is 11.6. The molecule has 2 aliphatic heterocycles. The molecule has 4 heterocycles. The number of hydrogen-bond acceptors (Lipinski definition) is 8. The first-order chi connectivity index (χ1) is 17.5. The third kappa shape index (κ3) is 5.94. The Balaban J connectivity index is 1.16. The van der Waals surface area contributed by atoms with E-state index in [2.05, 4.69) is 79.7 Å². The average molecular weight is 576 g/mol. The van der Waals surface area contributed by atoms with Gasteiger partial charge in [-0.1, -0.05) is 12.1 Å². The van der Waals surface area contributed by atoms with E-state index in [1.807, 2.05) is 5.38 Å². The Labute approximate surface area is 224 Å². The number of likely N-dealkylation sites (tertiary alicyclic amines) is 2. The zero-order valence-electron chi connectivity index (χ0n) is 21.0. The summed E-state index contributed by atoms with van der Waals surface area (Å²) in [6.07, 6.45) is 5.16. The molecule has 3 aromatic rings. The van der Waals surface area contributed by atoms with Crippen molar-refractivity contribution in [3.05, 3.63) is 56.2 Å². The van der Waals surface area contributed by atoms with Crippen LogP contribution in [0, 0.1) is 0 Å². The predicted octanol–water partition coefficient (Wildman–Crippen LogP) is 3.48. The number of fused-ring (bicyclic) bond motifs is 1. The van der Waals surface area contributed by atoms with Crippen molar-refractivity contribution in [2.75, 3.05) is 58.7 Å². The largest absolute Gasteiger partial charge is 0.492 e. The highest BCUT2D eigenvalue weighted by Gasteiger charge is 2.28. The fraction of sp³-hybridized carbons (Fsp3) is 0.538. The van der Waals surface area contributed by atoms with E-state index in [-0.39, 0.29) is 11.6 Å². The van der Waals surface area contributed by atoms with Crippen LogP contribution in [0.25, 0.3) is 4.96 Å². The Morgan fingerprint density at radius 3 is 2.69 bits per heavy atom. The van der Waals surface area contributed by atoms with E-state index < -0.39 is 0 Å². The summed E-state index contributed by atoms with van der Waals surface area (Å²) in [7, 11) is 4.21. The van der Waals surface area contributed by atoms with Crippen molar-refractivity contribution >= 4 is 38.0 Å². The second-order valence-electron chi connectivity index (χ2n) is 9.95. The molecule has 0 spiro atoms. The molecular weight excluding hydrogens is 540 g/mol. The van der Waals surface area contributed by atoms with Crippen molar-refractivity contribution in [1.29, 1.82) is 0 Å². The molecule has 194 valence electrons. The van der Waals surface area contributed by atoms with E-state index in [0.29, 0.717) is 27.2 Å². The molecule has 2 saturated heterocycles. The van der Waals surface area contributed by atoms with Gasteiger partial charge in [0.15, 0.2) is 4.96 Å². The monoisotopic (exact) mass is 574 g/mol. The summed E-state index contributed by atoms with van der Waals surface area (Å²) < 4.78 is 8.11. The molecule has 0 bridgehead atoms. The number of anilines is 1. The minimum Gasteiger partial charge on any atom is -0.492 e. The first kappa shape index (κ1) is 25.7. The van der Waals surface area contributed by atoms with Crippen LogP contribution in [0.3, 0.4) is 0 Å². The number of piperidine rings is 2. The third-order valence-electron chi connectivity index (χ3n) is 7.41. The quantitative estimate of drug-likeness (QED) is 0.426. The van der Waals surface area contributed by atoms with Crippen LogP contribution in [-0.4, -0.2) is 84.7 Å². The van der Waals surface area contributed by atoms with Gasteiger partial charge in [0.2, 0.25) is 0 Å². The van der Waals surface area contributed by atoms with E-state index in [0.717, 1.165) is 51.5 Å². The number of benzene rings is 1. The van der Waals surface area contributed by atoms with Crippen LogP contribution >= 0.6 is 27.3 Å². The van der Waals surface area contributed by atoms with Crippen molar-refractivity contribution in [1.82, 2.24) is 24.5 Å². The Bertz CT molecular complexity index is 1210. The fourth-order valence-electron chi connectivity index (χ4n) is 5.39. The van der Waals surface area contributed by atoms with Gasteiger partial charge in [0.1, 0.15) is 22.6 Å². The van der Waals surface area contributed by atoms with Crippen LogP contribution in [-0.2, 0) is 0 Å². The summed E-state index contributed by atoms with van der Waals surface area (Å²) in [6.45, 7) is 5.88. The smallest absolute Gasteiger partial charge is 0.275 e. The Morgan fingerprint density at radius 2 is 1.94 bits per heavy atom. The van der Waals surface area contributed by atoms with Gasteiger partial charge in [-0.15, -0.1) is 11.3 Å². The highest BCUT2D eigenvalue weighted by Crippen LogP contribution is 2.30. The van der Waals surface area contributed by atoms with Crippen LogP contribution in [0.15, 0.2) is 45.1 Å². The van der Waals surface area contributed by atoms with Crippen molar-refractivity contribution in [3.8, 4) is 5.75 Å². The molecule has 5 rings (SSSR count). The van der Waals surface area contributed by atoms with Crippen LogP contribution in [0.4, 0.5) is 5.82 Å². The zero-order chi connectivity index (χ0) is 25.1. The van der Waals surface area contributed by atoms with Crippen LogP contribution in [0.1, 0.15) is 30.7 Å². The Hall–Kier alpha value is -1.98. The standard InChI is InChI=1S/C26H35BrN6O2S/c1-28-20-7-9-32(10-8-20)11-13-35-22-5-3-18(4-6-22)19-15-21(17-31(2)16-19)29-24-23(27)25(34)33-12-14-36-26(33)30-24/h3-6,12,14,19-21,28-29H,7-11,13,15-17H2,1-2H3/t19-,21+/m0/s1. The molecule has 1 aromatic carbocycles. The lowest BCUT2D eigenvalue weighted by molar-refractivity contribution is 0.167. The summed E-state index contributed by atoms with van der Waals surface area (Å²) in [5, 5.41) is 8.80. The van der Waals surface area contributed by atoms with Gasteiger partial charge in [0.05, 0.1) is 0 Å². The molecule has 8 nitrogen and oxygen atoms in total. The average Bonchev–Trinajstić information content (AvgIpc) is 3.36. The van der Waals surface area contributed by atoms with E-state index in [9.17, 15) is 4.79 Å². The molecule has 0 radical (unpaired) electrons. The lowest BCUT2D eigenvalue weighted by atomic mass is 9.88. The maximum absolute atomic E-state index is 12.6. The van der Waals surface area contributed by atoms with Crippen molar-refractivity contribution in [2.24, 2.45) is 0 Å². The first-order valence-corrected chi connectivity index (χ1v) is 14.4. The molecule has 2 aliphatic rings. The summed E-state index contributed by atoms with van der Waals surface area (Å²) in [4.78, 5) is 22.9. The van der Waals surface area contributed by atoms with Gasteiger partial charge in [0.25, 0.3) is 5.56 Å². The highest BCUT2D eigenvalue weighted by atomic mass is 79.9. The number of likely N-dealkylation sites (N-methyl/N-ethyl adjacent to an activating group) is 1. The van der Waals surface area contributed by atoms with Crippen molar-refractivity contribution in [2.45, 2.75) is 37.3 Å². The van der Waals surface area contributed by atoms with E-state index >= 15 is 0 Å². The van der Waals surface area contributed by atoms with Gasteiger partial charge in [-0.3, -0.25) is 14.1 Å². The summed E-state index contributed by atoms with van der Waals surface area (Å²) in [6, 6.07) is 9.46. The number of ether oxygens (including phenoxy) is 1. The number of rotatable bonds is 8. The van der Waals surface area contributed by atoms with E-state index in [4.69, 9.17) is 4.74 Å². The summed E-state index contributed by atoms with van der Waals surface area (Å²) >= 11 is 4.92. The molecule has 0 aliphatic carbocycles. The predicted molar refractivity (Wildman–Crippen MR) is 150 cm³/mol. The minimum absolute atomic E-state index is 0.0810. The van der Waals surface area contributed by atoms with Gasteiger partial charge in [-0.05, 0) is 86.0 Å². The van der Waals surface area contributed by atoms with Crippen molar-refractivity contribution < 1.29 is 4.74 Å². The van der Waals surface area contributed by atoms with E-state index in [1.165, 1.54) is 29.7 Å². The molecule has 36 heavy (non-hydrogen) atoms. The third-order valence-corrected chi connectivity index (χ3v) is 8.88. The van der Waals surface area contributed by atoms with Gasteiger partial charge in [0, 0.05) is 43.3 Å². The first-order valence-electron chi connectivity index (χ1n) is 12.7. The topological polar surface area (TPSA) is 74.1 Å². The maximum atomic E-state index is 12.6. The number of hydrogen-bond donors (Lipinski definition) is 2. The van der Waals surface area contributed by atoms with Crippen LogP contribution < -0.4 is 20.9 Å². The Morgan fingerprint density at radius 1 is 1.17 bits per heavy atom. The molecule has 0 amide bonds. The lowest BCUT2D eigenvalue weighted by Crippen LogP contribution is -2.43. The second-order valence-corrected chi connectivity index (χ2v) is 11.6. The molecule has 2 atom stereocenters. The number of thiazole rings is 1. The minimum atomic E-state index is -0.0810. The molecular formula is C26H35BrN6O2S. The van der Waals surface area contributed by atoms with Crippen molar-refractivity contribution in [3.63, 3.8) is 0 Å². The zero-order valence-corrected chi connectivity index (χ0v) is 23.4. The van der Waals surface area contributed by atoms with Crippen LogP contribution in [0.2, 0.25) is 0 Å². The van der Waals surface area contributed by atoms with E-state index in [1.54, 1.807) is 10.6 Å². The van der Waals surface area contributed by atoms with Gasteiger partial charge >= 0.3 is 0 Å². The van der Waals surface area contributed by atoms with Gasteiger partial charge < -0.3 is 20.3 Å². The van der Waals surface area contributed by atoms with Gasteiger partial charge in [-0.25, -0.2) is 4.98 Å². The summed E-state index contributed by atoms with van der Waals surface area (Å²) in [5.74, 6) is 1.95. The number of nitrogens with zero attached hydrogens (tertiary/aromatic N) is 4. The molecule has 0 saturated carbocycles. The fourth-order valence-corrected chi connectivity index (χ4v) is 6.49. The summed E-state index contributed by atoms with van der Waals surface area (Å²) in [5.41, 5.74) is 1.23. The normalized spacial score (nSPS) is 22.2. The molecule has 2 fully saturated rings.